The van der Waals surface area contributed by atoms with Crippen LogP contribution in [0.2, 0.25) is 0 Å². The van der Waals surface area contributed by atoms with Crippen LogP contribution in [-0.4, -0.2) is 11.0 Å². The van der Waals surface area contributed by atoms with Crippen molar-refractivity contribution in [2.75, 3.05) is 0 Å². The Kier molecular flexibility index (Phi) is 4.79. The first-order valence-electron chi connectivity index (χ1n) is 5.05. The molecule has 0 saturated heterocycles. The third-order valence-electron chi connectivity index (χ3n) is 2.09. The highest BCUT2D eigenvalue weighted by atomic mass is 19.1. The van der Waals surface area contributed by atoms with E-state index in [1.54, 1.807) is 6.20 Å². The molecule has 0 saturated carbocycles. The van der Waals surface area contributed by atoms with Crippen LogP contribution in [-0.2, 0) is 6.54 Å². The van der Waals surface area contributed by atoms with E-state index in [9.17, 15) is 4.39 Å². The van der Waals surface area contributed by atoms with Crippen LogP contribution in [0, 0.1) is 18.2 Å². The maximum atomic E-state index is 12.8. The van der Waals surface area contributed by atoms with Crippen LogP contribution in [0.5, 0.6) is 0 Å². The molecule has 0 amide bonds. The average Bonchev–Trinajstić information content (AvgIpc) is 2.24. The largest absolute Gasteiger partial charge is 0.300 e. The van der Waals surface area contributed by atoms with E-state index in [0.717, 1.165) is 18.4 Å². The molecule has 0 radical (unpaired) electrons. The summed E-state index contributed by atoms with van der Waals surface area (Å²) in [5.74, 6) is 2.35. The van der Waals surface area contributed by atoms with Crippen LogP contribution in [0.15, 0.2) is 18.5 Å². The molecule has 1 unspecified atom stereocenters. The number of nitrogens with one attached hydrogen (secondary N) is 1. The van der Waals surface area contributed by atoms with E-state index >= 15 is 0 Å². The van der Waals surface area contributed by atoms with Gasteiger partial charge in [0.15, 0.2) is 0 Å². The summed E-state index contributed by atoms with van der Waals surface area (Å²) >= 11 is 0. The van der Waals surface area contributed by atoms with E-state index in [0.29, 0.717) is 6.54 Å². The number of halogens is 1. The fourth-order valence-corrected chi connectivity index (χ4v) is 1.33. The highest BCUT2D eigenvalue weighted by Crippen LogP contribution is 2.02. The van der Waals surface area contributed by atoms with E-state index in [1.165, 1.54) is 12.3 Å². The summed E-state index contributed by atoms with van der Waals surface area (Å²) in [6.07, 6.45) is 10.1. The minimum Gasteiger partial charge on any atom is -0.300 e. The van der Waals surface area contributed by atoms with Crippen molar-refractivity contribution >= 4 is 0 Å². The second-order valence-corrected chi connectivity index (χ2v) is 3.40. The Morgan fingerprint density at radius 3 is 3.00 bits per heavy atom. The van der Waals surface area contributed by atoms with Gasteiger partial charge in [-0.15, -0.1) is 6.42 Å². The fourth-order valence-electron chi connectivity index (χ4n) is 1.33. The van der Waals surface area contributed by atoms with E-state index in [1.807, 2.05) is 0 Å². The Labute approximate surface area is 89.9 Å². The highest BCUT2D eigenvalue weighted by Gasteiger charge is 2.03. The number of aromatic nitrogens is 1. The molecule has 0 aliphatic heterocycles. The molecule has 1 aromatic heterocycles. The third kappa shape index (κ3) is 4.09. The molecule has 0 fully saturated rings. The molecule has 3 heteroatoms. The predicted molar refractivity (Wildman–Crippen MR) is 58.6 cm³/mol. The summed E-state index contributed by atoms with van der Waals surface area (Å²) in [6.45, 7) is 2.63. The number of hydrogen-bond acceptors (Lipinski definition) is 2. The van der Waals surface area contributed by atoms with Gasteiger partial charge in [0, 0.05) is 12.7 Å². The molecular weight excluding hydrogens is 191 g/mol. The topological polar surface area (TPSA) is 24.9 Å². The van der Waals surface area contributed by atoms with Gasteiger partial charge < -0.3 is 0 Å². The molecule has 2 nitrogen and oxygen atoms in total. The van der Waals surface area contributed by atoms with Crippen molar-refractivity contribution in [3.05, 3.63) is 29.8 Å². The molecule has 0 bridgehead atoms. The maximum Gasteiger partial charge on any atom is 0.141 e. The minimum absolute atomic E-state index is 0.0540. The summed E-state index contributed by atoms with van der Waals surface area (Å²) in [5, 5.41) is 3.17. The Morgan fingerprint density at radius 2 is 2.40 bits per heavy atom. The van der Waals surface area contributed by atoms with Gasteiger partial charge in [-0.3, -0.25) is 10.3 Å². The van der Waals surface area contributed by atoms with E-state index in [-0.39, 0.29) is 11.9 Å². The Hall–Kier alpha value is -1.40. The van der Waals surface area contributed by atoms with Crippen molar-refractivity contribution in [2.45, 2.75) is 32.4 Å². The maximum absolute atomic E-state index is 12.8. The molecule has 0 aliphatic carbocycles. The van der Waals surface area contributed by atoms with Crippen molar-refractivity contribution in [1.82, 2.24) is 10.3 Å². The quantitative estimate of drug-likeness (QED) is 0.746. The van der Waals surface area contributed by atoms with Gasteiger partial charge in [-0.05, 0) is 18.1 Å². The lowest BCUT2D eigenvalue weighted by Crippen LogP contribution is -2.26. The molecule has 1 atom stereocenters. The van der Waals surface area contributed by atoms with Gasteiger partial charge in [0.2, 0.25) is 0 Å². The number of terminal acetylenes is 1. The van der Waals surface area contributed by atoms with Gasteiger partial charge in [0.1, 0.15) is 5.82 Å². The molecule has 15 heavy (non-hydrogen) atoms. The Balaban J connectivity index is 2.46. The molecule has 80 valence electrons. The third-order valence-corrected chi connectivity index (χ3v) is 2.09. The van der Waals surface area contributed by atoms with Crippen LogP contribution in [0.25, 0.3) is 0 Å². The number of rotatable bonds is 5. The second-order valence-electron chi connectivity index (χ2n) is 3.40. The minimum atomic E-state index is -0.318. The first-order chi connectivity index (χ1) is 7.26. The molecule has 0 aliphatic rings. The van der Waals surface area contributed by atoms with Crippen LogP contribution in [0.3, 0.4) is 0 Å². The zero-order valence-electron chi connectivity index (χ0n) is 8.83. The van der Waals surface area contributed by atoms with E-state index < -0.39 is 0 Å². The molecule has 0 spiro atoms. The monoisotopic (exact) mass is 206 g/mol. The molecule has 1 heterocycles. The van der Waals surface area contributed by atoms with Crippen LogP contribution < -0.4 is 5.32 Å². The second kappa shape index (κ2) is 6.15. The zero-order valence-corrected chi connectivity index (χ0v) is 8.83. The molecule has 1 N–H and O–H groups in total. The van der Waals surface area contributed by atoms with Crippen LogP contribution in [0.1, 0.15) is 25.3 Å². The van der Waals surface area contributed by atoms with Gasteiger partial charge in [-0.2, -0.15) is 0 Å². The summed E-state index contributed by atoms with van der Waals surface area (Å²) in [6, 6.07) is 1.51. The van der Waals surface area contributed by atoms with Gasteiger partial charge in [0.05, 0.1) is 12.2 Å². The van der Waals surface area contributed by atoms with E-state index in [2.05, 4.69) is 23.1 Å². The molecular formula is C12H15FN2. The average molecular weight is 206 g/mol. The Morgan fingerprint density at radius 1 is 1.60 bits per heavy atom. The zero-order chi connectivity index (χ0) is 11.1. The first-order valence-corrected chi connectivity index (χ1v) is 5.05. The first kappa shape index (κ1) is 11.7. The highest BCUT2D eigenvalue weighted by molar-refractivity contribution is 5.11. The van der Waals surface area contributed by atoms with Crippen LogP contribution in [0.4, 0.5) is 4.39 Å². The number of pyridine rings is 1. The summed E-state index contributed by atoms with van der Waals surface area (Å²) in [4.78, 5) is 3.77. The lowest BCUT2D eigenvalue weighted by Gasteiger charge is -2.11. The van der Waals surface area contributed by atoms with Crippen molar-refractivity contribution in [2.24, 2.45) is 0 Å². The summed E-state index contributed by atoms with van der Waals surface area (Å²) in [5.41, 5.74) is 0.811. The molecule has 1 rings (SSSR count). The van der Waals surface area contributed by atoms with Gasteiger partial charge >= 0.3 is 0 Å². The van der Waals surface area contributed by atoms with Crippen molar-refractivity contribution in [3.8, 4) is 12.3 Å². The number of nitrogens with zero attached hydrogens (tertiary/aromatic N) is 1. The number of hydrogen-bond donors (Lipinski definition) is 1. The summed E-state index contributed by atoms with van der Waals surface area (Å²) < 4.78 is 12.8. The standard InChI is InChI=1S/C12H15FN2/c1-3-5-12(4-2)15-8-10-6-11(13)9-14-7-10/h2,6-7,9,12,15H,3,5,8H2,1H3. The van der Waals surface area contributed by atoms with Gasteiger partial charge in [0.25, 0.3) is 0 Å². The lowest BCUT2D eigenvalue weighted by molar-refractivity contribution is 0.557. The van der Waals surface area contributed by atoms with Gasteiger partial charge in [-0.25, -0.2) is 4.39 Å². The van der Waals surface area contributed by atoms with E-state index in [4.69, 9.17) is 6.42 Å². The van der Waals surface area contributed by atoms with Crippen LogP contribution >= 0.6 is 0 Å². The Bertz CT molecular complexity index is 344. The SMILES string of the molecule is C#CC(CCC)NCc1cncc(F)c1. The smallest absolute Gasteiger partial charge is 0.141 e. The van der Waals surface area contributed by atoms with Gasteiger partial charge in [-0.1, -0.05) is 19.3 Å². The van der Waals surface area contributed by atoms with Crippen molar-refractivity contribution in [3.63, 3.8) is 0 Å². The normalized spacial score (nSPS) is 12.1. The lowest BCUT2D eigenvalue weighted by atomic mass is 10.1. The van der Waals surface area contributed by atoms with Crippen molar-refractivity contribution < 1.29 is 4.39 Å². The summed E-state index contributed by atoms with van der Waals surface area (Å²) in [7, 11) is 0. The molecule has 1 aromatic rings. The molecule has 0 aromatic carbocycles. The fraction of sp³-hybridized carbons (Fsp3) is 0.417. The van der Waals surface area contributed by atoms with Crippen molar-refractivity contribution in [1.29, 1.82) is 0 Å². The predicted octanol–water partition coefficient (Wildman–Crippen LogP) is 2.11.